The molecule has 16 heteroatoms. The second kappa shape index (κ2) is 10.1. The molecule has 5 aromatic rings. The highest BCUT2D eigenvalue weighted by Crippen LogP contribution is 2.31. The topological polar surface area (TPSA) is 156 Å². The molecule has 0 saturated carbocycles. The minimum absolute atomic E-state index is 0.0182. The fraction of sp³-hybridized carbons (Fsp3) is 0.280. The molecule has 5 aromatic heterocycles. The van der Waals surface area contributed by atoms with Gasteiger partial charge in [0.05, 0.1) is 12.9 Å². The molecule has 1 amide bonds. The Morgan fingerprint density at radius 1 is 1.15 bits per heavy atom. The van der Waals surface area contributed by atoms with Gasteiger partial charge in [-0.25, -0.2) is 19.7 Å². The summed E-state index contributed by atoms with van der Waals surface area (Å²) in [5.74, 6) is 0.0513. The number of fused-ring (bicyclic) bond motifs is 1. The summed E-state index contributed by atoms with van der Waals surface area (Å²) in [5, 5.41) is 6.46. The summed E-state index contributed by atoms with van der Waals surface area (Å²) in [5.41, 5.74) is -1.71. The predicted octanol–water partition coefficient (Wildman–Crippen LogP) is 2.62. The normalized spacial score (nSPS) is 12.6. The maximum absolute atomic E-state index is 13.4. The van der Waals surface area contributed by atoms with E-state index in [0.717, 1.165) is 10.8 Å². The molecule has 0 spiro atoms. The van der Waals surface area contributed by atoms with Gasteiger partial charge in [0, 0.05) is 31.1 Å². The van der Waals surface area contributed by atoms with E-state index in [1.54, 1.807) is 13.0 Å². The first-order valence-electron chi connectivity index (χ1n) is 12.1. The van der Waals surface area contributed by atoms with Gasteiger partial charge in [0.25, 0.3) is 5.56 Å². The van der Waals surface area contributed by atoms with Gasteiger partial charge in [-0.15, -0.1) is 0 Å². The number of halogens is 3. The third-order valence-electron chi connectivity index (χ3n) is 6.36. The van der Waals surface area contributed by atoms with Crippen LogP contribution in [0.2, 0.25) is 0 Å². The molecule has 1 atom stereocenters. The quantitative estimate of drug-likeness (QED) is 0.325. The fourth-order valence-corrected chi connectivity index (χ4v) is 4.29. The van der Waals surface area contributed by atoms with E-state index >= 15 is 0 Å². The summed E-state index contributed by atoms with van der Waals surface area (Å²) in [6.45, 7) is 4.33. The molecule has 5 heterocycles. The van der Waals surface area contributed by atoms with Crippen LogP contribution in [-0.4, -0.2) is 44.7 Å². The molecule has 0 aliphatic carbocycles. The van der Waals surface area contributed by atoms with E-state index in [4.69, 9.17) is 4.52 Å². The molecule has 41 heavy (non-hydrogen) atoms. The number of hydrogen-bond acceptors (Lipinski definition) is 9. The van der Waals surface area contributed by atoms with E-state index in [2.05, 4.69) is 30.4 Å². The Morgan fingerprint density at radius 2 is 1.90 bits per heavy atom. The number of alkyl halides is 3. The lowest BCUT2D eigenvalue weighted by Gasteiger charge is -2.15. The number of pyridine rings is 1. The number of anilines is 1. The van der Waals surface area contributed by atoms with Crippen molar-refractivity contribution < 1.29 is 22.5 Å². The van der Waals surface area contributed by atoms with Gasteiger partial charge in [-0.3, -0.25) is 23.7 Å². The Morgan fingerprint density at radius 3 is 2.56 bits per heavy atom. The van der Waals surface area contributed by atoms with Crippen molar-refractivity contribution in [2.45, 2.75) is 39.5 Å². The maximum atomic E-state index is 13.4. The van der Waals surface area contributed by atoms with E-state index in [1.807, 2.05) is 0 Å². The van der Waals surface area contributed by atoms with Gasteiger partial charge in [-0.05, 0) is 38.5 Å². The van der Waals surface area contributed by atoms with Crippen LogP contribution in [0.15, 0.2) is 51.0 Å². The van der Waals surface area contributed by atoms with Gasteiger partial charge in [-0.1, -0.05) is 5.16 Å². The molecule has 13 nitrogen and oxygen atoms in total. The van der Waals surface area contributed by atoms with Crippen LogP contribution in [0.5, 0.6) is 0 Å². The van der Waals surface area contributed by atoms with E-state index < -0.39 is 35.1 Å². The Bertz CT molecular complexity index is 1920. The minimum atomic E-state index is -4.60. The Labute approximate surface area is 228 Å². The van der Waals surface area contributed by atoms with Gasteiger partial charge < -0.3 is 14.4 Å². The van der Waals surface area contributed by atoms with E-state index in [1.165, 1.54) is 54.7 Å². The van der Waals surface area contributed by atoms with Crippen molar-refractivity contribution in [1.29, 1.82) is 0 Å². The van der Waals surface area contributed by atoms with Crippen molar-refractivity contribution in [3.05, 3.63) is 80.5 Å². The molecule has 0 aliphatic heterocycles. The molecule has 1 N–H and O–H groups in total. The number of hydrogen-bond donors (Lipinski definition) is 1. The highest BCUT2D eigenvalue weighted by atomic mass is 19.4. The first-order valence-corrected chi connectivity index (χ1v) is 12.1. The predicted molar refractivity (Wildman–Crippen MR) is 138 cm³/mol. The standard InChI is InChI=1S/C25H22F3N9O4/c1-12-7-15(9-30-19(12)25(26,27)28)20-29-6-5-17(32-20)33-22(38)14(3)37-11-31-21-18(37)23(39)36(24(40)35(21)4)10-16-8-13(2)41-34-16/h5-9,11,14H,10H2,1-4H3,(H,29,32,33,38). The Kier molecular flexibility index (Phi) is 6.76. The third-order valence-corrected chi connectivity index (χ3v) is 6.36. The van der Waals surface area contributed by atoms with E-state index in [0.29, 0.717) is 11.5 Å². The lowest BCUT2D eigenvalue weighted by atomic mass is 10.1. The summed E-state index contributed by atoms with van der Waals surface area (Å²) in [7, 11) is 1.46. The highest BCUT2D eigenvalue weighted by molar-refractivity contribution is 5.93. The SMILES string of the molecule is Cc1cc(Cn2c(=O)c3c(ncn3C(C)C(=O)Nc3ccnc(-c4cnc(C(F)(F)F)c(C)c4)n3)n(C)c2=O)no1. The smallest absolute Gasteiger partial charge is 0.361 e. The van der Waals surface area contributed by atoms with Crippen LogP contribution >= 0.6 is 0 Å². The average Bonchev–Trinajstić information content (AvgIpc) is 3.55. The molecule has 0 saturated heterocycles. The number of amides is 1. The minimum Gasteiger partial charge on any atom is -0.361 e. The molecule has 0 radical (unpaired) electrons. The van der Waals surface area contributed by atoms with Gasteiger partial charge in [0.2, 0.25) is 5.91 Å². The van der Waals surface area contributed by atoms with Gasteiger partial charge in [0.1, 0.15) is 29.0 Å². The van der Waals surface area contributed by atoms with Crippen LogP contribution in [0.25, 0.3) is 22.6 Å². The van der Waals surface area contributed by atoms with Crippen molar-refractivity contribution in [3.63, 3.8) is 0 Å². The summed E-state index contributed by atoms with van der Waals surface area (Å²) in [6, 6.07) is 3.27. The lowest BCUT2D eigenvalue weighted by molar-refractivity contribution is -0.141. The first-order chi connectivity index (χ1) is 19.3. The zero-order valence-corrected chi connectivity index (χ0v) is 22.1. The molecule has 0 aromatic carbocycles. The second-order valence-corrected chi connectivity index (χ2v) is 9.30. The lowest BCUT2D eigenvalue weighted by Crippen LogP contribution is -2.40. The number of carbonyl (C=O) groups is 1. The average molecular weight is 570 g/mol. The van der Waals surface area contributed by atoms with Crippen molar-refractivity contribution in [2.75, 3.05) is 5.32 Å². The Balaban J connectivity index is 1.44. The summed E-state index contributed by atoms with van der Waals surface area (Å²) >= 11 is 0. The van der Waals surface area contributed by atoms with Gasteiger partial charge >= 0.3 is 11.9 Å². The Hall–Kier alpha value is -5.15. The van der Waals surface area contributed by atoms with Crippen molar-refractivity contribution >= 4 is 22.9 Å². The van der Waals surface area contributed by atoms with Crippen LogP contribution in [0.3, 0.4) is 0 Å². The van der Waals surface area contributed by atoms with Crippen LogP contribution in [-0.2, 0) is 24.6 Å². The molecule has 212 valence electrons. The van der Waals surface area contributed by atoms with E-state index in [9.17, 15) is 27.6 Å². The maximum Gasteiger partial charge on any atom is 0.433 e. The summed E-state index contributed by atoms with van der Waals surface area (Å²) in [6.07, 6.45) is -0.977. The van der Waals surface area contributed by atoms with Crippen molar-refractivity contribution in [3.8, 4) is 11.4 Å². The molecule has 0 aliphatic rings. The van der Waals surface area contributed by atoms with Crippen LogP contribution in [0.1, 0.15) is 35.7 Å². The summed E-state index contributed by atoms with van der Waals surface area (Å²) < 4.78 is 47.8. The highest BCUT2D eigenvalue weighted by Gasteiger charge is 2.34. The molecular formula is C25H22F3N9O4. The first kappa shape index (κ1) is 27.4. The molecule has 0 fully saturated rings. The number of aryl methyl sites for hydroxylation is 3. The zero-order chi connectivity index (χ0) is 29.6. The largest absolute Gasteiger partial charge is 0.433 e. The van der Waals surface area contributed by atoms with E-state index in [-0.39, 0.29) is 40.5 Å². The van der Waals surface area contributed by atoms with Gasteiger partial charge in [-0.2, -0.15) is 13.2 Å². The molecule has 1 unspecified atom stereocenters. The molecule has 0 bridgehead atoms. The van der Waals surface area contributed by atoms with Crippen LogP contribution in [0.4, 0.5) is 19.0 Å². The van der Waals surface area contributed by atoms with Crippen molar-refractivity contribution in [1.82, 2.24) is 38.8 Å². The van der Waals surface area contributed by atoms with Gasteiger partial charge in [0.15, 0.2) is 17.0 Å². The second-order valence-electron chi connectivity index (χ2n) is 9.30. The molecular weight excluding hydrogens is 547 g/mol. The van der Waals surface area contributed by atoms with Crippen molar-refractivity contribution in [2.24, 2.45) is 7.05 Å². The third kappa shape index (κ3) is 5.10. The molecule has 5 rings (SSSR count). The number of aromatic nitrogens is 8. The summed E-state index contributed by atoms with van der Waals surface area (Å²) in [4.78, 5) is 55.4. The number of carbonyl (C=O) groups excluding carboxylic acids is 1. The number of rotatable bonds is 6. The zero-order valence-electron chi connectivity index (χ0n) is 22.1. The number of imidazole rings is 1. The number of nitrogens with one attached hydrogen (secondary N) is 1. The van der Waals surface area contributed by atoms with Crippen LogP contribution in [0, 0.1) is 13.8 Å². The van der Waals surface area contributed by atoms with Crippen LogP contribution < -0.4 is 16.6 Å². The monoisotopic (exact) mass is 569 g/mol. The fourth-order valence-electron chi connectivity index (χ4n) is 4.29. The number of nitrogens with zero attached hydrogens (tertiary/aromatic N) is 8.